The summed E-state index contributed by atoms with van der Waals surface area (Å²) in [5.41, 5.74) is 2.52. The Morgan fingerprint density at radius 1 is 1.04 bits per heavy atom. The van der Waals surface area contributed by atoms with E-state index in [0.29, 0.717) is 13.2 Å². The molecule has 1 amide bonds. The number of carbonyl (C=O) groups is 1. The van der Waals surface area contributed by atoms with Crippen molar-refractivity contribution in [3.63, 3.8) is 0 Å². The summed E-state index contributed by atoms with van der Waals surface area (Å²) in [6, 6.07) is 18.4. The third-order valence-electron chi connectivity index (χ3n) is 3.32. The summed E-state index contributed by atoms with van der Waals surface area (Å²) in [5, 5.41) is 2.66. The summed E-state index contributed by atoms with van der Waals surface area (Å²) in [6.45, 7) is 4.45. The lowest BCUT2D eigenvalue weighted by molar-refractivity contribution is 0.143. The molecule has 1 N–H and O–H groups in total. The lowest BCUT2D eigenvalue weighted by atomic mass is 10.1. The molecular weight excluding hydrogens is 290 g/mol. The minimum atomic E-state index is -0.416. The second kappa shape index (κ2) is 8.83. The summed E-state index contributed by atoms with van der Waals surface area (Å²) in [4.78, 5) is 11.2. The molecule has 0 fully saturated rings. The number of rotatable bonds is 7. The van der Waals surface area contributed by atoms with Crippen molar-refractivity contribution in [1.29, 1.82) is 0 Å². The molecule has 0 aliphatic heterocycles. The molecule has 0 radical (unpaired) electrons. The fourth-order valence-corrected chi connectivity index (χ4v) is 2.20. The van der Waals surface area contributed by atoms with Gasteiger partial charge in [0.25, 0.3) is 0 Å². The van der Waals surface area contributed by atoms with Gasteiger partial charge in [0, 0.05) is 0 Å². The molecule has 23 heavy (non-hydrogen) atoms. The Kier molecular flexibility index (Phi) is 6.48. The maximum absolute atomic E-state index is 11.2. The normalized spacial score (nSPS) is 11.6. The second-order valence-electron chi connectivity index (χ2n) is 5.34. The van der Waals surface area contributed by atoms with Gasteiger partial charge in [-0.2, -0.15) is 0 Å². The van der Waals surface area contributed by atoms with E-state index >= 15 is 0 Å². The molecule has 1 atom stereocenters. The van der Waals surface area contributed by atoms with E-state index in [1.54, 1.807) is 6.92 Å². The van der Waals surface area contributed by atoms with Crippen molar-refractivity contribution in [2.24, 2.45) is 0 Å². The molecule has 122 valence electrons. The smallest absolute Gasteiger partial charge is 0.407 e. The fraction of sp³-hybridized carbons (Fsp3) is 0.316. The Labute approximate surface area is 137 Å². The average Bonchev–Trinajstić information content (AvgIpc) is 2.56. The second-order valence-corrected chi connectivity index (χ2v) is 5.34. The molecule has 2 rings (SSSR count). The SMILES string of the molecule is CCOC(=O)NCC(C)Oc1ccc(Cc2ccccc2)cc1. The zero-order valence-corrected chi connectivity index (χ0v) is 13.6. The van der Waals surface area contributed by atoms with Gasteiger partial charge in [0.15, 0.2) is 0 Å². The molecule has 4 heteroatoms. The van der Waals surface area contributed by atoms with Crippen molar-refractivity contribution < 1.29 is 14.3 Å². The van der Waals surface area contributed by atoms with Gasteiger partial charge in [-0.15, -0.1) is 0 Å². The Morgan fingerprint density at radius 2 is 1.70 bits per heavy atom. The van der Waals surface area contributed by atoms with Crippen LogP contribution in [-0.2, 0) is 11.2 Å². The standard InChI is InChI=1S/C19H23NO3/c1-3-22-19(21)20-14-15(2)23-18-11-9-17(10-12-18)13-16-7-5-4-6-8-16/h4-12,15H,3,13-14H2,1-2H3,(H,20,21). The van der Waals surface area contributed by atoms with Crippen LogP contribution in [0.1, 0.15) is 25.0 Å². The van der Waals surface area contributed by atoms with Crippen molar-refractivity contribution >= 4 is 6.09 Å². The molecule has 0 saturated carbocycles. The van der Waals surface area contributed by atoms with Crippen LogP contribution in [-0.4, -0.2) is 25.3 Å². The monoisotopic (exact) mass is 313 g/mol. The molecule has 1 unspecified atom stereocenters. The van der Waals surface area contributed by atoms with Crippen LogP contribution < -0.4 is 10.1 Å². The first-order chi connectivity index (χ1) is 11.2. The van der Waals surface area contributed by atoms with Crippen LogP contribution in [0.5, 0.6) is 5.75 Å². The molecule has 2 aromatic rings. The topological polar surface area (TPSA) is 47.6 Å². The highest BCUT2D eigenvalue weighted by Crippen LogP contribution is 2.16. The molecule has 0 aliphatic rings. The summed E-state index contributed by atoms with van der Waals surface area (Å²) in [5.74, 6) is 0.792. The fourth-order valence-electron chi connectivity index (χ4n) is 2.20. The number of alkyl carbamates (subject to hydrolysis) is 1. The quantitative estimate of drug-likeness (QED) is 0.846. The van der Waals surface area contributed by atoms with Crippen molar-refractivity contribution in [1.82, 2.24) is 5.32 Å². The molecule has 0 heterocycles. The zero-order chi connectivity index (χ0) is 16.5. The van der Waals surface area contributed by atoms with Crippen LogP contribution in [0.15, 0.2) is 54.6 Å². The number of ether oxygens (including phenoxy) is 2. The molecule has 4 nitrogen and oxygen atoms in total. The third-order valence-corrected chi connectivity index (χ3v) is 3.32. The molecule has 0 aliphatic carbocycles. The Morgan fingerprint density at radius 3 is 2.35 bits per heavy atom. The van der Waals surface area contributed by atoms with Gasteiger partial charge in [-0.05, 0) is 43.5 Å². The first-order valence-electron chi connectivity index (χ1n) is 7.87. The van der Waals surface area contributed by atoms with Gasteiger partial charge in [-0.1, -0.05) is 42.5 Å². The summed E-state index contributed by atoms with van der Waals surface area (Å²) in [6.07, 6.45) is 0.363. The number of hydrogen-bond acceptors (Lipinski definition) is 3. The van der Waals surface area contributed by atoms with E-state index < -0.39 is 6.09 Å². The predicted octanol–water partition coefficient (Wildman–Crippen LogP) is 3.79. The minimum absolute atomic E-state index is 0.126. The van der Waals surface area contributed by atoms with Gasteiger partial charge in [-0.25, -0.2) is 4.79 Å². The van der Waals surface area contributed by atoms with E-state index in [0.717, 1.165) is 12.2 Å². The van der Waals surface area contributed by atoms with Crippen LogP contribution in [0.25, 0.3) is 0 Å². The van der Waals surface area contributed by atoms with E-state index in [2.05, 4.69) is 29.6 Å². The van der Waals surface area contributed by atoms with Crippen LogP contribution in [0.2, 0.25) is 0 Å². The molecule has 0 aromatic heterocycles. The van der Waals surface area contributed by atoms with Crippen LogP contribution in [0, 0.1) is 0 Å². The first kappa shape index (κ1) is 16.9. The molecule has 0 saturated heterocycles. The van der Waals surface area contributed by atoms with E-state index in [4.69, 9.17) is 9.47 Å². The highest BCUT2D eigenvalue weighted by atomic mass is 16.5. The molecule has 0 bridgehead atoms. The first-order valence-corrected chi connectivity index (χ1v) is 7.87. The van der Waals surface area contributed by atoms with Gasteiger partial charge in [-0.3, -0.25) is 0 Å². The summed E-state index contributed by atoms with van der Waals surface area (Å²) >= 11 is 0. The molecule has 0 spiro atoms. The van der Waals surface area contributed by atoms with Crippen molar-refractivity contribution in [3.05, 3.63) is 65.7 Å². The average molecular weight is 313 g/mol. The number of hydrogen-bond donors (Lipinski definition) is 1. The summed E-state index contributed by atoms with van der Waals surface area (Å²) in [7, 11) is 0. The minimum Gasteiger partial charge on any atom is -0.489 e. The predicted molar refractivity (Wildman–Crippen MR) is 90.8 cm³/mol. The van der Waals surface area contributed by atoms with Crippen LogP contribution in [0.3, 0.4) is 0 Å². The lowest BCUT2D eigenvalue weighted by Gasteiger charge is -2.15. The zero-order valence-electron chi connectivity index (χ0n) is 13.6. The van der Waals surface area contributed by atoms with E-state index in [9.17, 15) is 4.79 Å². The van der Waals surface area contributed by atoms with Gasteiger partial charge in [0.05, 0.1) is 13.2 Å². The number of carbonyl (C=O) groups excluding carboxylic acids is 1. The summed E-state index contributed by atoms with van der Waals surface area (Å²) < 4.78 is 10.6. The van der Waals surface area contributed by atoms with Crippen molar-refractivity contribution in [3.8, 4) is 5.75 Å². The number of amides is 1. The van der Waals surface area contributed by atoms with E-state index in [-0.39, 0.29) is 6.10 Å². The Hall–Kier alpha value is -2.49. The van der Waals surface area contributed by atoms with Gasteiger partial charge < -0.3 is 14.8 Å². The maximum atomic E-state index is 11.2. The molecule has 2 aromatic carbocycles. The van der Waals surface area contributed by atoms with Crippen LogP contribution >= 0.6 is 0 Å². The van der Waals surface area contributed by atoms with Crippen LogP contribution in [0.4, 0.5) is 4.79 Å². The van der Waals surface area contributed by atoms with Gasteiger partial charge >= 0.3 is 6.09 Å². The number of benzene rings is 2. The maximum Gasteiger partial charge on any atom is 0.407 e. The van der Waals surface area contributed by atoms with Gasteiger partial charge in [0.1, 0.15) is 11.9 Å². The molecular formula is C19H23NO3. The highest BCUT2D eigenvalue weighted by Gasteiger charge is 2.07. The third kappa shape index (κ3) is 6.02. The number of nitrogens with one attached hydrogen (secondary N) is 1. The lowest BCUT2D eigenvalue weighted by Crippen LogP contribution is -2.33. The van der Waals surface area contributed by atoms with Gasteiger partial charge in [0.2, 0.25) is 0 Å². The largest absolute Gasteiger partial charge is 0.489 e. The van der Waals surface area contributed by atoms with E-state index in [1.807, 2.05) is 37.3 Å². The van der Waals surface area contributed by atoms with E-state index in [1.165, 1.54) is 11.1 Å². The highest BCUT2D eigenvalue weighted by molar-refractivity contribution is 5.67. The Balaban J connectivity index is 1.81. The van der Waals surface area contributed by atoms with Crippen molar-refractivity contribution in [2.75, 3.05) is 13.2 Å². The van der Waals surface area contributed by atoms with Crippen molar-refractivity contribution in [2.45, 2.75) is 26.4 Å². The Bertz CT molecular complexity index is 596.